The minimum Gasteiger partial charge on any atom is -0.451 e. The van der Waals surface area contributed by atoms with E-state index in [0.717, 1.165) is 9.86 Å². The van der Waals surface area contributed by atoms with Gasteiger partial charge in [0.2, 0.25) is 5.91 Å². The van der Waals surface area contributed by atoms with E-state index in [1.54, 1.807) is 25.2 Å². The van der Waals surface area contributed by atoms with Gasteiger partial charge in [0.15, 0.2) is 5.76 Å². The first kappa shape index (κ1) is 16.3. The first-order valence-corrected chi connectivity index (χ1v) is 8.12. The van der Waals surface area contributed by atoms with Crippen LogP contribution in [0.25, 0.3) is 11.0 Å². The number of carbonyl (C=O) groups excluding carboxylic acids is 2. The van der Waals surface area contributed by atoms with Crippen LogP contribution in [0.1, 0.15) is 10.6 Å². The van der Waals surface area contributed by atoms with Crippen molar-refractivity contribution in [1.29, 1.82) is 0 Å². The van der Waals surface area contributed by atoms with E-state index in [-0.39, 0.29) is 24.1 Å². The summed E-state index contributed by atoms with van der Waals surface area (Å²) in [6.45, 7) is -0.0722. The Morgan fingerprint density at radius 1 is 1.12 bits per heavy atom. The monoisotopic (exact) mass is 386 g/mol. The van der Waals surface area contributed by atoms with Gasteiger partial charge in [0.25, 0.3) is 5.91 Å². The van der Waals surface area contributed by atoms with Crippen LogP contribution < -0.4 is 5.32 Å². The maximum absolute atomic E-state index is 12.4. The largest absolute Gasteiger partial charge is 0.451 e. The molecule has 2 aromatic carbocycles. The van der Waals surface area contributed by atoms with E-state index >= 15 is 0 Å². The van der Waals surface area contributed by atoms with E-state index in [4.69, 9.17) is 4.42 Å². The van der Waals surface area contributed by atoms with Gasteiger partial charge < -0.3 is 14.6 Å². The number of benzene rings is 2. The van der Waals surface area contributed by atoms with Gasteiger partial charge in [-0.15, -0.1) is 0 Å². The van der Waals surface area contributed by atoms with Gasteiger partial charge in [0.05, 0.1) is 12.2 Å². The predicted octanol–water partition coefficient (Wildman–Crippen LogP) is 3.91. The Morgan fingerprint density at radius 2 is 1.83 bits per heavy atom. The van der Waals surface area contributed by atoms with E-state index in [1.807, 2.05) is 36.4 Å². The van der Waals surface area contributed by atoms with Crippen LogP contribution in [0.4, 0.5) is 5.69 Å². The molecule has 3 aromatic rings. The molecule has 0 saturated carbocycles. The van der Waals surface area contributed by atoms with Crippen molar-refractivity contribution in [1.82, 2.24) is 4.90 Å². The first-order valence-electron chi connectivity index (χ1n) is 7.33. The molecule has 1 heterocycles. The summed E-state index contributed by atoms with van der Waals surface area (Å²) in [6.07, 6.45) is 0. The van der Waals surface area contributed by atoms with Gasteiger partial charge in [0.1, 0.15) is 5.58 Å². The lowest BCUT2D eigenvalue weighted by atomic mass is 10.2. The Labute approximate surface area is 147 Å². The van der Waals surface area contributed by atoms with Crippen LogP contribution in [0.5, 0.6) is 0 Å². The van der Waals surface area contributed by atoms with Crippen molar-refractivity contribution in [3.05, 3.63) is 64.8 Å². The quantitative estimate of drug-likeness (QED) is 0.739. The molecule has 0 aliphatic carbocycles. The van der Waals surface area contributed by atoms with Crippen LogP contribution >= 0.6 is 15.9 Å². The van der Waals surface area contributed by atoms with Crippen LogP contribution in [0.3, 0.4) is 0 Å². The number of likely N-dealkylation sites (N-methyl/N-ethyl adjacent to an activating group) is 1. The van der Waals surface area contributed by atoms with Gasteiger partial charge in [-0.25, -0.2) is 0 Å². The molecule has 122 valence electrons. The van der Waals surface area contributed by atoms with Gasteiger partial charge in [-0.3, -0.25) is 9.59 Å². The molecule has 3 rings (SSSR count). The molecule has 0 fully saturated rings. The van der Waals surface area contributed by atoms with Crippen molar-refractivity contribution >= 4 is 44.4 Å². The fraction of sp³-hybridized carbons (Fsp3) is 0.111. The summed E-state index contributed by atoms with van der Waals surface area (Å²) in [4.78, 5) is 25.9. The Bertz CT molecular complexity index is 871. The van der Waals surface area contributed by atoms with E-state index < -0.39 is 0 Å². The molecule has 2 amide bonds. The van der Waals surface area contributed by atoms with E-state index in [9.17, 15) is 9.59 Å². The highest BCUT2D eigenvalue weighted by molar-refractivity contribution is 9.10. The molecule has 0 radical (unpaired) electrons. The van der Waals surface area contributed by atoms with E-state index in [2.05, 4.69) is 21.2 Å². The molecule has 6 heteroatoms. The van der Waals surface area contributed by atoms with Gasteiger partial charge in [-0.05, 0) is 40.2 Å². The van der Waals surface area contributed by atoms with Crippen molar-refractivity contribution in [3.63, 3.8) is 0 Å². The number of nitrogens with zero attached hydrogens (tertiary/aromatic N) is 1. The van der Waals surface area contributed by atoms with Crippen LogP contribution in [-0.2, 0) is 4.79 Å². The molecule has 0 bridgehead atoms. The Morgan fingerprint density at radius 3 is 2.58 bits per heavy atom. The maximum atomic E-state index is 12.4. The molecule has 24 heavy (non-hydrogen) atoms. The van der Waals surface area contributed by atoms with E-state index in [0.29, 0.717) is 11.3 Å². The third kappa shape index (κ3) is 3.49. The highest BCUT2D eigenvalue weighted by atomic mass is 79.9. The summed E-state index contributed by atoms with van der Waals surface area (Å²) >= 11 is 3.37. The zero-order valence-corrected chi connectivity index (χ0v) is 14.5. The van der Waals surface area contributed by atoms with Crippen molar-refractivity contribution in [3.8, 4) is 0 Å². The average Bonchev–Trinajstić information content (AvgIpc) is 3.00. The second-order valence-corrected chi connectivity index (χ2v) is 6.19. The Kier molecular flexibility index (Phi) is 4.66. The van der Waals surface area contributed by atoms with Crippen molar-refractivity contribution in [2.24, 2.45) is 0 Å². The molecule has 1 N–H and O–H groups in total. The number of rotatable bonds is 4. The minimum absolute atomic E-state index is 0.0722. The fourth-order valence-electron chi connectivity index (χ4n) is 2.31. The molecule has 0 aliphatic heterocycles. The lowest BCUT2D eigenvalue weighted by molar-refractivity contribution is -0.116. The van der Waals surface area contributed by atoms with Crippen LogP contribution in [0, 0.1) is 0 Å². The maximum Gasteiger partial charge on any atom is 0.289 e. The summed E-state index contributed by atoms with van der Waals surface area (Å²) in [5, 5.41) is 3.62. The molecule has 0 unspecified atom stereocenters. The molecule has 1 aromatic heterocycles. The van der Waals surface area contributed by atoms with Gasteiger partial charge in [-0.2, -0.15) is 0 Å². The number of anilines is 1. The second kappa shape index (κ2) is 6.88. The molecule has 5 nitrogen and oxygen atoms in total. The lowest BCUT2D eigenvalue weighted by Gasteiger charge is -2.15. The molecule has 0 saturated heterocycles. The zero-order chi connectivity index (χ0) is 17.1. The van der Waals surface area contributed by atoms with Crippen molar-refractivity contribution in [2.75, 3.05) is 18.9 Å². The molecular formula is C18H15BrN2O3. The van der Waals surface area contributed by atoms with Crippen molar-refractivity contribution in [2.45, 2.75) is 0 Å². The molecule has 0 atom stereocenters. The number of para-hydroxylation sites is 2. The summed E-state index contributed by atoms with van der Waals surface area (Å²) in [6, 6.07) is 16.4. The number of furan rings is 1. The van der Waals surface area contributed by atoms with Crippen molar-refractivity contribution < 1.29 is 14.0 Å². The third-order valence-electron chi connectivity index (χ3n) is 3.51. The Balaban J connectivity index is 1.67. The summed E-state index contributed by atoms with van der Waals surface area (Å²) < 4.78 is 6.32. The standard InChI is InChI=1S/C18H15BrN2O3/c1-21(11-17(22)20-14-8-4-3-7-13(14)19)18(23)16-10-12-6-2-5-9-15(12)24-16/h2-10H,11H2,1H3,(H,20,22). The summed E-state index contributed by atoms with van der Waals surface area (Å²) in [5.41, 5.74) is 1.30. The van der Waals surface area contributed by atoms with Gasteiger partial charge in [-0.1, -0.05) is 30.3 Å². The zero-order valence-electron chi connectivity index (χ0n) is 13.0. The van der Waals surface area contributed by atoms with Gasteiger partial charge >= 0.3 is 0 Å². The second-order valence-electron chi connectivity index (χ2n) is 5.34. The highest BCUT2D eigenvalue weighted by Gasteiger charge is 2.19. The summed E-state index contributed by atoms with van der Waals surface area (Å²) in [5.74, 6) is -0.408. The molecular weight excluding hydrogens is 372 g/mol. The number of fused-ring (bicyclic) bond motifs is 1. The normalized spacial score (nSPS) is 10.6. The SMILES string of the molecule is CN(CC(=O)Nc1ccccc1Br)C(=O)c1cc2ccccc2o1. The average molecular weight is 387 g/mol. The number of nitrogens with one attached hydrogen (secondary N) is 1. The minimum atomic E-state index is -0.339. The lowest BCUT2D eigenvalue weighted by Crippen LogP contribution is -2.34. The number of carbonyl (C=O) groups is 2. The highest BCUT2D eigenvalue weighted by Crippen LogP contribution is 2.22. The van der Waals surface area contributed by atoms with Gasteiger partial charge in [0, 0.05) is 16.9 Å². The van der Waals surface area contributed by atoms with Crippen LogP contribution in [0.2, 0.25) is 0 Å². The fourth-order valence-corrected chi connectivity index (χ4v) is 2.70. The third-order valence-corrected chi connectivity index (χ3v) is 4.20. The number of hydrogen-bond donors (Lipinski definition) is 1. The molecule has 0 spiro atoms. The van der Waals surface area contributed by atoms with Crippen LogP contribution in [-0.4, -0.2) is 30.3 Å². The van der Waals surface area contributed by atoms with E-state index in [1.165, 1.54) is 4.90 Å². The number of halogens is 1. The smallest absolute Gasteiger partial charge is 0.289 e. The van der Waals surface area contributed by atoms with Crippen LogP contribution in [0.15, 0.2) is 63.5 Å². The topological polar surface area (TPSA) is 62.6 Å². The first-order chi connectivity index (χ1) is 11.5. The number of hydrogen-bond acceptors (Lipinski definition) is 3. The molecule has 0 aliphatic rings. The summed E-state index contributed by atoms with van der Waals surface area (Å²) in [7, 11) is 1.56. The number of amides is 2. The Hall–Kier alpha value is -2.60. The predicted molar refractivity (Wildman–Crippen MR) is 95.9 cm³/mol.